The van der Waals surface area contributed by atoms with E-state index in [9.17, 15) is 15.0 Å². The molecule has 7 heteroatoms. The molecule has 0 aliphatic rings. The fraction of sp³-hybridized carbons (Fsp3) is 0.571. The van der Waals surface area contributed by atoms with Gasteiger partial charge in [0.05, 0.1) is 31.3 Å². The number of hydrogen-bond acceptors (Lipinski definition) is 7. The minimum Gasteiger partial charge on any atom is -0.504 e. The Kier molecular flexibility index (Phi) is 9.10. The van der Waals surface area contributed by atoms with Gasteiger partial charge in [0.2, 0.25) is 5.75 Å². The van der Waals surface area contributed by atoms with E-state index >= 15 is 0 Å². The number of benzene rings is 1. The molecule has 0 aliphatic carbocycles. The molecule has 0 radical (unpaired) electrons. The molecule has 0 bridgehead atoms. The van der Waals surface area contributed by atoms with E-state index in [0.29, 0.717) is 17.7 Å². The lowest BCUT2D eigenvalue weighted by Crippen LogP contribution is -2.15. The van der Waals surface area contributed by atoms with Crippen LogP contribution in [-0.2, 0) is 0 Å². The largest absolute Gasteiger partial charge is 0.504 e. The maximum absolute atomic E-state index is 12.2. The summed E-state index contributed by atoms with van der Waals surface area (Å²) in [6, 6.07) is 4.72. The first-order valence-corrected chi connectivity index (χ1v) is 9.91. The highest BCUT2D eigenvalue weighted by atomic mass is 16.5. The first-order chi connectivity index (χ1) is 13.6. The van der Waals surface area contributed by atoms with Gasteiger partial charge in [-0.25, -0.2) is 4.79 Å². The molecule has 2 aromatic rings. The number of aliphatic hydroxyl groups excluding tert-OH is 2. The van der Waals surface area contributed by atoms with Gasteiger partial charge in [0.1, 0.15) is 11.3 Å². The molecule has 156 valence electrons. The summed E-state index contributed by atoms with van der Waals surface area (Å²) >= 11 is 0. The SMILES string of the molecule is CCCCCCCCOc1c(O)c2ccc(OCCC(O)CO)cc2oc1=O. The highest BCUT2D eigenvalue weighted by Crippen LogP contribution is 2.33. The van der Waals surface area contributed by atoms with Crippen LogP contribution in [0, 0.1) is 0 Å². The molecule has 0 aliphatic heterocycles. The van der Waals surface area contributed by atoms with Crippen molar-refractivity contribution in [1.29, 1.82) is 0 Å². The molecule has 2 rings (SSSR count). The van der Waals surface area contributed by atoms with Crippen LogP contribution in [0.2, 0.25) is 0 Å². The number of fused-ring (bicyclic) bond motifs is 1. The van der Waals surface area contributed by atoms with Gasteiger partial charge < -0.3 is 29.2 Å². The Morgan fingerprint density at radius 3 is 2.57 bits per heavy atom. The van der Waals surface area contributed by atoms with Gasteiger partial charge in [-0.15, -0.1) is 0 Å². The Morgan fingerprint density at radius 1 is 1.07 bits per heavy atom. The number of unbranched alkanes of at least 4 members (excludes halogenated alkanes) is 5. The monoisotopic (exact) mass is 394 g/mol. The Bertz CT molecular complexity index is 784. The van der Waals surface area contributed by atoms with Crippen LogP contribution >= 0.6 is 0 Å². The van der Waals surface area contributed by atoms with Crippen molar-refractivity contribution < 1.29 is 29.2 Å². The summed E-state index contributed by atoms with van der Waals surface area (Å²) in [7, 11) is 0. The van der Waals surface area contributed by atoms with Gasteiger partial charge in [-0.2, -0.15) is 0 Å². The van der Waals surface area contributed by atoms with Crippen LogP contribution in [-0.4, -0.2) is 41.2 Å². The fourth-order valence-electron chi connectivity index (χ4n) is 2.83. The second kappa shape index (κ2) is 11.6. The molecule has 0 saturated carbocycles. The van der Waals surface area contributed by atoms with E-state index in [1.54, 1.807) is 12.1 Å². The van der Waals surface area contributed by atoms with Gasteiger partial charge in [-0.1, -0.05) is 39.0 Å². The van der Waals surface area contributed by atoms with E-state index in [1.807, 2.05) is 0 Å². The number of rotatable bonds is 13. The lowest BCUT2D eigenvalue weighted by molar-refractivity contribution is 0.0754. The average Bonchev–Trinajstić information content (AvgIpc) is 2.69. The predicted molar refractivity (Wildman–Crippen MR) is 106 cm³/mol. The van der Waals surface area contributed by atoms with Crippen molar-refractivity contribution in [1.82, 2.24) is 0 Å². The zero-order valence-corrected chi connectivity index (χ0v) is 16.4. The normalized spacial score (nSPS) is 12.2. The summed E-state index contributed by atoms with van der Waals surface area (Å²) in [5, 5.41) is 28.9. The predicted octanol–water partition coefficient (Wildman–Crippen LogP) is 3.36. The first kappa shape index (κ1) is 22.0. The standard InChI is InChI=1S/C21H30O7/c1-2-3-4-5-6-7-11-27-20-19(24)17-9-8-16(13-18(17)28-21(20)25)26-12-10-15(23)14-22/h8-9,13,15,22-24H,2-7,10-12,14H2,1H3. The number of aromatic hydroxyl groups is 1. The van der Waals surface area contributed by atoms with Crippen LogP contribution < -0.4 is 15.1 Å². The summed E-state index contributed by atoms with van der Waals surface area (Å²) in [4.78, 5) is 12.2. The molecule has 1 unspecified atom stereocenters. The van der Waals surface area contributed by atoms with E-state index in [0.717, 1.165) is 19.3 Å². The maximum Gasteiger partial charge on any atom is 0.383 e. The molecule has 0 spiro atoms. The van der Waals surface area contributed by atoms with E-state index in [1.165, 1.54) is 25.3 Å². The van der Waals surface area contributed by atoms with Gasteiger partial charge in [-0.05, 0) is 18.6 Å². The van der Waals surface area contributed by atoms with E-state index in [2.05, 4.69) is 6.92 Å². The molecule has 0 fully saturated rings. The second-order valence-corrected chi connectivity index (χ2v) is 6.81. The second-order valence-electron chi connectivity index (χ2n) is 6.81. The summed E-state index contributed by atoms with van der Waals surface area (Å²) in [6.45, 7) is 2.39. The summed E-state index contributed by atoms with van der Waals surface area (Å²) < 4.78 is 16.2. The first-order valence-electron chi connectivity index (χ1n) is 9.91. The van der Waals surface area contributed by atoms with Gasteiger partial charge in [0, 0.05) is 12.5 Å². The smallest absolute Gasteiger partial charge is 0.383 e. The van der Waals surface area contributed by atoms with E-state index < -0.39 is 11.7 Å². The maximum atomic E-state index is 12.2. The zero-order chi connectivity index (χ0) is 20.4. The molecule has 1 heterocycles. The Hall–Kier alpha value is -2.25. The van der Waals surface area contributed by atoms with E-state index in [-0.39, 0.29) is 36.7 Å². The fourth-order valence-corrected chi connectivity index (χ4v) is 2.83. The highest BCUT2D eigenvalue weighted by Gasteiger charge is 2.16. The van der Waals surface area contributed by atoms with Crippen LogP contribution in [0.15, 0.2) is 27.4 Å². The molecule has 0 amide bonds. The number of aliphatic hydroxyl groups is 2. The van der Waals surface area contributed by atoms with Crippen LogP contribution in [0.3, 0.4) is 0 Å². The molecule has 1 aromatic carbocycles. The van der Waals surface area contributed by atoms with Gasteiger partial charge >= 0.3 is 5.63 Å². The van der Waals surface area contributed by atoms with Crippen molar-refractivity contribution in [3.05, 3.63) is 28.6 Å². The summed E-state index contributed by atoms with van der Waals surface area (Å²) in [5.41, 5.74) is -0.543. The molecule has 3 N–H and O–H groups in total. The van der Waals surface area contributed by atoms with Gasteiger partial charge in [0.15, 0.2) is 5.75 Å². The highest BCUT2D eigenvalue weighted by molar-refractivity contribution is 5.86. The third-order valence-corrected chi connectivity index (χ3v) is 4.49. The molecule has 7 nitrogen and oxygen atoms in total. The van der Waals surface area contributed by atoms with Crippen molar-refractivity contribution in [2.45, 2.75) is 58.0 Å². The summed E-state index contributed by atoms with van der Waals surface area (Å²) in [6.07, 6.45) is 6.02. The molecular formula is C21H30O7. The molecule has 1 aromatic heterocycles. The molecule has 28 heavy (non-hydrogen) atoms. The molecule has 0 saturated heterocycles. The quantitative estimate of drug-likeness (QED) is 0.353. The van der Waals surface area contributed by atoms with Gasteiger partial charge in [0.25, 0.3) is 0 Å². The zero-order valence-electron chi connectivity index (χ0n) is 16.4. The third kappa shape index (κ3) is 6.42. The minimum absolute atomic E-state index is 0.166. The van der Waals surface area contributed by atoms with Crippen molar-refractivity contribution >= 4 is 11.0 Å². The van der Waals surface area contributed by atoms with Crippen LogP contribution in [0.25, 0.3) is 11.0 Å². The van der Waals surface area contributed by atoms with Crippen molar-refractivity contribution in [3.8, 4) is 17.2 Å². The van der Waals surface area contributed by atoms with Crippen LogP contribution in [0.1, 0.15) is 51.9 Å². The lowest BCUT2D eigenvalue weighted by Gasteiger charge is -2.11. The van der Waals surface area contributed by atoms with Crippen molar-refractivity contribution in [2.24, 2.45) is 0 Å². The Morgan fingerprint density at radius 2 is 1.82 bits per heavy atom. The molecule has 1 atom stereocenters. The van der Waals surface area contributed by atoms with Crippen molar-refractivity contribution in [2.75, 3.05) is 19.8 Å². The van der Waals surface area contributed by atoms with Gasteiger partial charge in [-0.3, -0.25) is 0 Å². The topological polar surface area (TPSA) is 109 Å². The number of ether oxygens (including phenoxy) is 2. The summed E-state index contributed by atoms with van der Waals surface area (Å²) in [5.74, 6) is 0.0289. The minimum atomic E-state index is -0.839. The average molecular weight is 394 g/mol. The van der Waals surface area contributed by atoms with Crippen LogP contribution in [0.5, 0.6) is 17.2 Å². The van der Waals surface area contributed by atoms with Crippen LogP contribution in [0.4, 0.5) is 0 Å². The lowest BCUT2D eigenvalue weighted by atomic mass is 10.1. The third-order valence-electron chi connectivity index (χ3n) is 4.49. The Balaban J connectivity index is 1.97. The molecular weight excluding hydrogens is 364 g/mol. The number of hydrogen-bond donors (Lipinski definition) is 3. The van der Waals surface area contributed by atoms with Crippen molar-refractivity contribution in [3.63, 3.8) is 0 Å². The van der Waals surface area contributed by atoms with E-state index in [4.69, 9.17) is 19.0 Å². The Labute approximate surface area is 164 Å².